The normalized spacial score (nSPS) is 24.4. The standard InChI is InChI=1S/C9H15N3O2/c1-4-9(11)5-12(9)8(10)6(2)14-7(3)13/h10H,2,4-5,11H2,1,3H3. The minimum Gasteiger partial charge on any atom is -0.423 e. The fourth-order valence-electron chi connectivity index (χ4n) is 1.22. The monoisotopic (exact) mass is 197 g/mol. The number of rotatable bonds is 3. The lowest BCUT2D eigenvalue weighted by Gasteiger charge is -2.13. The van der Waals surface area contributed by atoms with Gasteiger partial charge < -0.3 is 15.4 Å². The average Bonchev–Trinajstić information content (AvgIpc) is 2.76. The Morgan fingerprint density at radius 1 is 1.79 bits per heavy atom. The molecular weight excluding hydrogens is 182 g/mol. The van der Waals surface area contributed by atoms with Crippen molar-refractivity contribution in [2.75, 3.05) is 6.54 Å². The van der Waals surface area contributed by atoms with E-state index in [-0.39, 0.29) is 11.6 Å². The summed E-state index contributed by atoms with van der Waals surface area (Å²) in [6, 6.07) is 0. The summed E-state index contributed by atoms with van der Waals surface area (Å²) in [6.07, 6.45) is 0.753. The van der Waals surface area contributed by atoms with Gasteiger partial charge in [-0.2, -0.15) is 0 Å². The minimum atomic E-state index is -0.472. The van der Waals surface area contributed by atoms with E-state index in [0.29, 0.717) is 6.54 Å². The molecule has 1 heterocycles. The van der Waals surface area contributed by atoms with E-state index in [2.05, 4.69) is 6.58 Å². The van der Waals surface area contributed by atoms with Crippen molar-refractivity contribution < 1.29 is 9.53 Å². The Balaban J connectivity index is 2.52. The first-order valence-corrected chi connectivity index (χ1v) is 4.43. The molecule has 0 bridgehead atoms. The molecular formula is C9H15N3O2. The van der Waals surface area contributed by atoms with E-state index in [1.807, 2.05) is 6.92 Å². The molecule has 0 spiro atoms. The molecule has 0 aromatic carbocycles. The third-order valence-electron chi connectivity index (χ3n) is 2.28. The van der Waals surface area contributed by atoms with Gasteiger partial charge in [-0.05, 0) is 6.42 Å². The number of nitrogens with one attached hydrogen (secondary N) is 1. The molecule has 5 nitrogen and oxygen atoms in total. The van der Waals surface area contributed by atoms with Gasteiger partial charge in [-0.3, -0.25) is 10.2 Å². The Morgan fingerprint density at radius 3 is 2.71 bits per heavy atom. The van der Waals surface area contributed by atoms with Crippen LogP contribution < -0.4 is 5.73 Å². The van der Waals surface area contributed by atoms with Crippen LogP contribution in [0.15, 0.2) is 12.3 Å². The summed E-state index contributed by atoms with van der Waals surface area (Å²) in [6.45, 7) is 7.33. The van der Waals surface area contributed by atoms with Crippen molar-refractivity contribution in [2.24, 2.45) is 5.73 Å². The zero-order valence-electron chi connectivity index (χ0n) is 8.46. The second kappa shape index (κ2) is 3.42. The summed E-state index contributed by atoms with van der Waals surface area (Å²) in [5.74, 6) is -0.330. The lowest BCUT2D eigenvalue weighted by Crippen LogP contribution is -2.32. The van der Waals surface area contributed by atoms with Crippen molar-refractivity contribution in [1.82, 2.24) is 4.90 Å². The number of carbonyl (C=O) groups excluding carboxylic acids is 1. The lowest BCUT2D eigenvalue weighted by molar-refractivity contribution is -0.136. The molecule has 1 fully saturated rings. The van der Waals surface area contributed by atoms with E-state index in [9.17, 15) is 4.79 Å². The molecule has 3 N–H and O–H groups in total. The van der Waals surface area contributed by atoms with Crippen LogP contribution in [0.1, 0.15) is 20.3 Å². The third-order valence-corrected chi connectivity index (χ3v) is 2.28. The largest absolute Gasteiger partial charge is 0.423 e. The molecule has 1 aliphatic rings. The second-order valence-electron chi connectivity index (χ2n) is 3.41. The summed E-state index contributed by atoms with van der Waals surface area (Å²) in [7, 11) is 0. The fraction of sp³-hybridized carbons (Fsp3) is 0.556. The van der Waals surface area contributed by atoms with Crippen molar-refractivity contribution in [2.45, 2.75) is 25.9 Å². The predicted octanol–water partition coefficient (Wildman–Crippen LogP) is 0.421. The summed E-state index contributed by atoms with van der Waals surface area (Å²) >= 11 is 0. The zero-order chi connectivity index (χ0) is 10.9. The molecule has 1 aliphatic heterocycles. The third kappa shape index (κ3) is 1.93. The van der Waals surface area contributed by atoms with Gasteiger partial charge in [0.25, 0.3) is 0 Å². The minimum absolute atomic E-state index is 0.0540. The molecule has 1 atom stereocenters. The van der Waals surface area contributed by atoms with E-state index >= 15 is 0 Å². The molecule has 78 valence electrons. The first kappa shape index (κ1) is 10.7. The molecule has 1 rings (SSSR count). The van der Waals surface area contributed by atoms with E-state index < -0.39 is 11.6 Å². The second-order valence-corrected chi connectivity index (χ2v) is 3.41. The number of amidine groups is 1. The summed E-state index contributed by atoms with van der Waals surface area (Å²) < 4.78 is 4.70. The van der Waals surface area contributed by atoms with Crippen LogP contribution >= 0.6 is 0 Å². The first-order chi connectivity index (χ1) is 6.40. The highest BCUT2D eigenvalue weighted by atomic mass is 16.5. The maximum Gasteiger partial charge on any atom is 0.308 e. The van der Waals surface area contributed by atoms with Gasteiger partial charge in [-0.1, -0.05) is 13.5 Å². The molecule has 1 saturated heterocycles. The molecule has 0 aromatic heterocycles. The molecule has 0 radical (unpaired) electrons. The van der Waals surface area contributed by atoms with E-state index in [1.54, 1.807) is 4.90 Å². The van der Waals surface area contributed by atoms with Gasteiger partial charge in [0.1, 0.15) is 5.66 Å². The molecule has 1 unspecified atom stereocenters. The van der Waals surface area contributed by atoms with Crippen LogP contribution in [0.5, 0.6) is 0 Å². The van der Waals surface area contributed by atoms with Gasteiger partial charge in [0.2, 0.25) is 0 Å². The predicted molar refractivity (Wildman–Crippen MR) is 52.5 cm³/mol. The van der Waals surface area contributed by atoms with Gasteiger partial charge in [-0.15, -0.1) is 0 Å². The number of hydrogen-bond acceptors (Lipinski definition) is 4. The maximum atomic E-state index is 10.6. The Kier molecular flexibility index (Phi) is 2.62. The molecule has 14 heavy (non-hydrogen) atoms. The number of carbonyl (C=O) groups is 1. The molecule has 0 aliphatic carbocycles. The lowest BCUT2D eigenvalue weighted by atomic mass is 10.2. The molecule has 0 saturated carbocycles. The van der Waals surface area contributed by atoms with Gasteiger partial charge in [0.05, 0.1) is 6.54 Å². The maximum absolute atomic E-state index is 10.6. The van der Waals surface area contributed by atoms with Crippen molar-refractivity contribution in [3.05, 3.63) is 12.3 Å². The van der Waals surface area contributed by atoms with Crippen LogP contribution in [-0.2, 0) is 9.53 Å². The van der Waals surface area contributed by atoms with Crippen molar-refractivity contribution in [3.8, 4) is 0 Å². The molecule has 5 heteroatoms. The van der Waals surface area contributed by atoms with Crippen molar-refractivity contribution in [3.63, 3.8) is 0 Å². The van der Waals surface area contributed by atoms with Crippen LogP contribution in [0.3, 0.4) is 0 Å². The van der Waals surface area contributed by atoms with E-state index in [0.717, 1.165) is 6.42 Å². The highest BCUT2D eigenvalue weighted by molar-refractivity contribution is 5.97. The van der Waals surface area contributed by atoms with Gasteiger partial charge in [-0.25, -0.2) is 0 Å². The van der Waals surface area contributed by atoms with Crippen LogP contribution in [-0.4, -0.2) is 28.9 Å². The van der Waals surface area contributed by atoms with Crippen LogP contribution in [0, 0.1) is 5.41 Å². The number of hydrogen-bond donors (Lipinski definition) is 2. The number of ether oxygens (including phenoxy) is 1. The highest BCUT2D eigenvalue weighted by Crippen LogP contribution is 2.31. The average molecular weight is 197 g/mol. The summed E-state index contributed by atoms with van der Waals surface area (Å²) in [4.78, 5) is 12.3. The van der Waals surface area contributed by atoms with Gasteiger partial charge in [0, 0.05) is 6.92 Å². The molecule has 0 aromatic rings. The van der Waals surface area contributed by atoms with E-state index in [1.165, 1.54) is 6.92 Å². The SMILES string of the molecule is C=C(OC(C)=O)C(=N)N1CC1(N)CC. The van der Waals surface area contributed by atoms with Gasteiger partial charge in [0.15, 0.2) is 11.6 Å². The Morgan fingerprint density at radius 2 is 2.36 bits per heavy atom. The Bertz CT molecular complexity index is 300. The number of esters is 1. The summed E-state index contributed by atoms with van der Waals surface area (Å²) in [5, 5.41) is 7.63. The van der Waals surface area contributed by atoms with Crippen molar-refractivity contribution >= 4 is 11.8 Å². The summed E-state index contributed by atoms with van der Waals surface area (Å²) in [5.41, 5.74) is 5.42. The fourth-order valence-corrected chi connectivity index (χ4v) is 1.22. The molecule has 0 amide bonds. The topological polar surface area (TPSA) is 79.2 Å². The van der Waals surface area contributed by atoms with Gasteiger partial charge >= 0.3 is 5.97 Å². The Hall–Kier alpha value is -1.36. The Labute approximate surface area is 83.0 Å². The first-order valence-electron chi connectivity index (χ1n) is 4.43. The van der Waals surface area contributed by atoms with Crippen molar-refractivity contribution in [1.29, 1.82) is 5.41 Å². The zero-order valence-corrected chi connectivity index (χ0v) is 8.46. The van der Waals surface area contributed by atoms with E-state index in [4.69, 9.17) is 15.9 Å². The number of nitrogens with zero attached hydrogens (tertiary/aromatic N) is 1. The van der Waals surface area contributed by atoms with Crippen LogP contribution in [0.25, 0.3) is 0 Å². The number of nitrogens with two attached hydrogens (primary N) is 1. The quantitative estimate of drug-likeness (QED) is 0.226. The smallest absolute Gasteiger partial charge is 0.308 e. The van der Waals surface area contributed by atoms with Crippen LogP contribution in [0.4, 0.5) is 0 Å². The highest BCUT2D eigenvalue weighted by Gasteiger charge is 2.49. The van der Waals surface area contributed by atoms with Crippen LogP contribution in [0.2, 0.25) is 0 Å².